The van der Waals surface area contributed by atoms with Gasteiger partial charge in [-0.25, -0.2) is 4.39 Å². The van der Waals surface area contributed by atoms with Crippen LogP contribution in [0.2, 0.25) is 0 Å². The second-order valence-corrected chi connectivity index (χ2v) is 5.28. The SMILES string of the molecule is CC1CCC(c2noc(-c3c(N)cccc3F)n2)C1. The predicted molar refractivity (Wildman–Crippen MR) is 69.9 cm³/mol. The highest BCUT2D eigenvalue weighted by Crippen LogP contribution is 2.37. The summed E-state index contributed by atoms with van der Waals surface area (Å²) in [5, 5.41) is 3.98. The Morgan fingerprint density at radius 1 is 1.37 bits per heavy atom. The maximum absolute atomic E-state index is 13.8. The lowest BCUT2D eigenvalue weighted by molar-refractivity contribution is 0.413. The molecule has 0 spiro atoms. The highest BCUT2D eigenvalue weighted by atomic mass is 19.1. The smallest absolute Gasteiger partial charge is 0.263 e. The summed E-state index contributed by atoms with van der Waals surface area (Å²) in [6.45, 7) is 2.22. The van der Waals surface area contributed by atoms with E-state index in [0.717, 1.165) is 12.8 Å². The van der Waals surface area contributed by atoms with Crippen LogP contribution in [0.15, 0.2) is 22.7 Å². The molecule has 100 valence electrons. The van der Waals surface area contributed by atoms with E-state index in [1.165, 1.54) is 12.5 Å². The van der Waals surface area contributed by atoms with Crippen LogP contribution in [0, 0.1) is 11.7 Å². The Morgan fingerprint density at radius 3 is 2.89 bits per heavy atom. The summed E-state index contributed by atoms with van der Waals surface area (Å²) >= 11 is 0. The van der Waals surface area contributed by atoms with E-state index in [0.29, 0.717) is 23.3 Å². The van der Waals surface area contributed by atoms with Crippen LogP contribution in [0.1, 0.15) is 37.9 Å². The van der Waals surface area contributed by atoms with E-state index in [-0.39, 0.29) is 11.5 Å². The van der Waals surface area contributed by atoms with Crippen molar-refractivity contribution in [2.45, 2.75) is 32.1 Å². The van der Waals surface area contributed by atoms with Gasteiger partial charge < -0.3 is 10.3 Å². The molecule has 2 aromatic rings. The van der Waals surface area contributed by atoms with Gasteiger partial charge >= 0.3 is 0 Å². The molecule has 0 amide bonds. The lowest BCUT2D eigenvalue weighted by Crippen LogP contribution is -1.97. The minimum atomic E-state index is -0.435. The normalized spacial score (nSPS) is 22.8. The fraction of sp³-hybridized carbons (Fsp3) is 0.429. The van der Waals surface area contributed by atoms with Gasteiger partial charge in [-0.15, -0.1) is 0 Å². The molecule has 19 heavy (non-hydrogen) atoms. The number of nitrogens with zero attached hydrogens (tertiary/aromatic N) is 2. The lowest BCUT2D eigenvalue weighted by atomic mass is 10.1. The Labute approximate surface area is 110 Å². The molecular weight excluding hydrogens is 245 g/mol. The summed E-state index contributed by atoms with van der Waals surface area (Å²) in [7, 11) is 0. The highest BCUT2D eigenvalue weighted by Gasteiger charge is 2.27. The lowest BCUT2D eigenvalue weighted by Gasteiger charge is -2.02. The number of nitrogen functional groups attached to an aromatic ring is 1. The van der Waals surface area contributed by atoms with Crippen LogP contribution in [-0.2, 0) is 0 Å². The number of benzene rings is 1. The second kappa shape index (κ2) is 4.64. The van der Waals surface area contributed by atoms with Gasteiger partial charge in [-0.05, 0) is 37.3 Å². The number of rotatable bonds is 2. The summed E-state index contributed by atoms with van der Waals surface area (Å²) in [5.74, 6) is 1.41. The molecule has 0 aliphatic heterocycles. The second-order valence-electron chi connectivity index (χ2n) is 5.28. The van der Waals surface area contributed by atoms with E-state index < -0.39 is 5.82 Å². The molecule has 1 fully saturated rings. The molecule has 1 saturated carbocycles. The van der Waals surface area contributed by atoms with Crippen LogP contribution in [-0.4, -0.2) is 10.1 Å². The predicted octanol–water partition coefficient (Wildman–Crippen LogP) is 3.36. The van der Waals surface area contributed by atoms with Gasteiger partial charge in [0.2, 0.25) is 0 Å². The summed E-state index contributed by atoms with van der Waals surface area (Å²) in [4.78, 5) is 4.32. The van der Waals surface area contributed by atoms with Gasteiger partial charge in [0.15, 0.2) is 5.82 Å². The molecule has 2 atom stereocenters. The third-order valence-electron chi connectivity index (χ3n) is 3.76. The number of aromatic nitrogens is 2. The van der Waals surface area contributed by atoms with Crippen molar-refractivity contribution in [2.75, 3.05) is 5.73 Å². The van der Waals surface area contributed by atoms with E-state index >= 15 is 0 Å². The van der Waals surface area contributed by atoms with E-state index in [1.807, 2.05) is 0 Å². The molecule has 0 saturated heterocycles. The van der Waals surface area contributed by atoms with Gasteiger partial charge in [-0.2, -0.15) is 4.98 Å². The molecule has 3 rings (SSSR count). The van der Waals surface area contributed by atoms with Gasteiger partial charge in [0, 0.05) is 11.6 Å². The van der Waals surface area contributed by atoms with Crippen molar-refractivity contribution in [3.05, 3.63) is 29.8 Å². The summed E-state index contributed by atoms with van der Waals surface area (Å²) in [6, 6.07) is 4.53. The standard InChI is InChI=1S/C14H16FN3O/c1-8-5-6-9(7-8)13-17-14(19-18-13)12-10(15)3-2-4-11(12)16/h2-4,8-9H,5-7,16H2,1H3. The first kappa shape index (κ1) is 12.1. The number of halogens is 1. The number of nitrogens with two attached hydrogens (primary N) is 1. The average Bonchev–Trinajstić information content (AvgIpc) is 2.98. The first-order valence-electron chi connectivity index (χ1n) is 6.53. The summed E-state index contributed by atoms with van der Waals surface area (Å²) < 4.78 is 19.0. The first-order chi connectivity index (χ1) is 9.15. The number of anilines is 1. The van der Waals surface area contributed by atoms with E-state index in [2.05, 4.69) is 17.1 Å². The monoisotopic (exact) mass is 261 g/mol. The fourth-order valence-corrected chi connectivity index (χ4v) is 2.71. The van der Waals surface area contributed by atoms with E-state index in [1.54, 1.807) is 12.1 Å². The minimum absolute atomic E-state index is 0.171. The van der Waals surface area contributed by atoms with Gasteiger partial charge in [0.05, 0.1) is 5.56 Å². The van der Waals surface area contributed by atoms with Crippen molar-refractivity contribution in [1.82, 2.24) is 10.1 Å². The molecule has 1 aromatic carbocycles. The van der Waals surface area contributed by atoms with Gasteiger partial charge in [-0.3, -0.25) is 0 Å². The minimum Gasteiger partial charge on any atom is -0.398 e. The number of hydrogen-bond donors (Lipinski definition) is 1. The Morgan fingerprint density at radius 2 is 2.21 bits per heavy atom. The Bertz CT molecular complexity index is 576. The average molecular weight is 261 g/mol. The number of hydrogen-bond acceptors (Lipinski definition) is 4. The van der Waals surface area contributed by atoms with Crippen LogP contribution in [0.25, 0.3) is 11.5 Å². The van der Waals surface area contributed by atoms with Crippen LogP contribution in [0.5, 0.6) is 0 Å². The van der Waals surface area contributed by atoms with E-state index in [9.17, 15) is 4.39 Å². The summed E-state index contributed by atoms with van der Waals surface area (Å²) in [6.07, 6.45) is 3.30. The van der Waals surface area contributed by atoms with Crippen LogP contribution in [0.3, 0.4) is 0 Å². The van der Waals surface area contributed by atoms with Crippen molar-refractivity contribution in [2.24, 2.45) is 5.92 Å². The molecule has 1 aromatic heterocycles. The van der Waals surface area contributed by atoms with Crippen molar-refractivity contribution < 1.29 is 8.91 Å². The zero-order valence-electron chi connectivity index (χ0n) is 10.8. The Kier molecular flexibility index (Phi) is 2.97. The zero-order chi connectivity index (χ0) is 13.4. The quantitative estimate of drug-likeness (QED) is 0.842. The molecule has 2 N–H and O–H groups in total. The van der Waals surface area contributed by atoms with Gasteiger partial charge in [0.1, 0.15) is 5.82 Å². The van der Waals surface area contributed by atoms with Crippen LogP contribution < -0.4 is 5.73 Å². The molecule has 1 heterocycles. The third kappa shape index (κ3) is 2.20. The molecular formula is C14H16FN3O. The van der Waals surface area contributed by atoms with Crippen LogP contribution in [0.4, 0.5) is 10.1 Å². The van der Waals surface area contributed by atoms with Crippen molar-refractivity contribution in [1.29, 1.82) is 0 Å². The van der Waals surface area contributed by atoms with Gasteiger partial charge in [0.25, 0.3) is 5.89 Å². The maximum atomic E-state index is 13.8. The molecule has 4 nitrogen and oxygen atoms in total. The zero-order valence-corrected chi connectivity index (χ0v) is 10.8. The van der Waals surface area contributed by atoms with Crippen molar-refractivity contribution in [3.8, 4) is 11.5 Å². The maximum Gasteiger partial charge on any atom is 0.263 e. The topological polar surface area (TPSA) is 64.9 Å². The van der Waals surface area contributed by atoms with Gasteiger partial charge in [-0.1, -0.05) is 18.1 Å². The largest absolute Gasteiger partial charge is 0.398 e. The molecule has 5 heteroatoms. The first-order valence-corrected chi connectivity index (χ1v) is 6.53. The molecule has 1 aliphatic carbocycles. The fourth-order valence-electron chi connectivity index (χ4n) is 2.71. The van der Waals surface area contributed by atoms with E-state index in [4.69, 9.17) is 10.3 Å². The Balaban J connectivity index is 1.93. The molecule has 0 bridgehead atoms. The highest BCUT2D eigenvalue weighted by molar-refractivity contribution is 5.70. The molecule has 2 unspecified atom stereocenters. The summed E-state index contributed by atoms with van der Waals surface area (Å²) in [5.41, 5.74) is 6.29. The van der Waals surface area contributed by atoms with Crippen LogP contribution >= 0.6 is 0 Å². The van der Waals surface area contributed by atoms with Crippen molar-refractivity contribution >= 4 is 5.69 Å². The molecule has 0 radical (unpaired) electrons. The third-order valence-corrected chi connectivity index (χ3v) is 3.76. The van der Waals surface area contributed by atoms with Crippen molar-refractivity contribution in [3.63, 3.8) is 0 Å². The molecule has 1 aliphatic rings. The Hall–Kier alpha value is -1.91.